The van der Waals surface area contributed by atoms with E-state index in [0.717, 1.165) is 23.1 Å². The van der Waals surface area contributed by atoms with E-state index in [1.165, 1.54) is 39.9 Å². The van der Waals surface area contributed by atoms with Crippen molar-refractivity contribution in [3.05, 3.63) is 46.8 Å². The fraction of sp³-hybridized carbons (Fsp3) is 0.417. The molecule has 0 aliphatic carbocycles. The molecule has 0 bridgehead atoms. The molecular weight excluding hydrogens is 474 g/mol. The molecule has 0 aliphatic rings. The Morgan fingerprint density at radius 1 is 1.03 bits per heavy atom. The first kappa shape index (κ1) is 25.9. The monoisotopic (exact) mass is 505 g/mol. The predicted molar refractivity (Wildman–Crippen MR) is 134 cm³/mol. The summed E-state index contributed by atoms with van der Waals surface area (Å²) < 4.78 is 41.1. The summed E-state index contributed by atoms with van der Waals surface area (Å²) in [6, 6.07) is 9.61. The van der Waals surface area contributed by atoms with Crippen molar-refractivity contribution >= 4 is 37.5 Å². The van der Waals surface area contributed by atoms with Crippen LogP contribution in [0.5, 0.6) is 11.5 Å². The third-order valence-electron chi connectivity index (χ3n) is 5.56. The van der Waals surface area contributed by atoms with Gasteiger partial charge in [-0.25, -0.2) is 8.42 Å². The SMILES string of the molecule is CCCCN(CC)S(=O)(=O)c1ccc(C(=O)N=c2sc3c(OC)ccc(OC)c3n2CC)cc1. The Hall–Kier alpha value is -2.69. The van der Waals surface area contributed by atoms with Crippen LogP contribution in [0.3, 0.4) is 0 Å². The minimum atomic E-state index is -3.61. The number of hydrogen-bond donors (Lipinski definition) is 0. The molecule has 1 heterocycles. The van der Waals surface area contributed by atoms with E-state index >= 15 is 0 Å². The Morgan fingerprint density at radius 3 is 2.24 bits per heavy atom. The fourth-order valence-corrected chi connectivity index (χ4v) is 6.37. The van der Waals surface area contributed by atoms with Gasteiger partial charge in [-0.1, -0.05) is 31.6 Å². The van der Waals surface area contributed by atoms with Gasteiger partial charge < -0.3 is 14.0 Å². The van der Waals surface area contributed by atoms with E-state index in [0.29, 0.717) is 41.5 Å². The van der Waals surface area contributed by atoms with Crippen LogP contribution >= 0.6 is 11.3 Å². The van der Waals surface area contributed by atoms with Crippen LogP contribution in [0.4, 0.5) is 0 Å². The number of fused-ring (bicyclic) bond motifs is 1. The second kappa shape index (κ2) is 11.2. The van der Waals surface area contributed by atoms with Gasteiger partial charge in [0.1, 0.15) is 21.7 Å². The number of aryl methyl sites for hydroxylation is 1. The number of rotatable bonds is 10. The van der Waals surface area contributed by atoms with Gasteiger partial charge in [0.25, 0.3) is 5.91 Å². The average Bonchev–Trinajstić information content (AvgIpc) is 3.21. The number of nitrogens with zero attached hydrogens (tertiary/aromatic N) is 3. The lowest BCUT2D eigenvalue weighted by Gasteiger charge is -2.20. The van der Waals surface area contributed by atoms with Crippen LogP contribution in [0.1, 0.15) is 44.0 Å². The number of unbranched alkanes of at least 4 members (excludes halogenated alkanes) is 1. The van der Waals surface area contributed by atoms with E-state index < -0.39 is 15.9 Å². The predicted octanol–water partition coefficient (Wildman–Crippen LogP) is 4.29. The second-order valence-electron chi connectivity index (χ2n) is 7.57. The van der Waals surface area contributed by atoms with Gasteiger partial charge in [0.05, 0.1) is 19.1 Å². The van der Waals surface area contributed by atoms with E-state index in [9.17, 15) is 13.2 Å². The smallest absolute Gasteiger partial charge is 0.279 e. The molecule has 3 aromatic rings. The number of carbonyl (C=O) groups excluding carboxylic acids is 1. The lowest BCUT2D eigenvalue weighted by molar-refractivity contribution is 0.0997. The maximum Gasteiger partial charge on any atom is 0.279 e. The summed E-state index contributed by atoms with van der Waals surface area (Å²) in [6.45, 7) is 7.26. The van der Waals surface area contributed by atoms with Crippen molar-refractivity contribution in [3.63, 3.8) is 0 Å². The van der Waals surface area contributed by atoms with Gasteiger partial charge in [-0.15, -0.1) is 0 Å². The van der Waals surface area contributed by atoms with Gasteiger partial charge in [0, 0.05) is 25.2 Å². The highest BCUT2D eigenvalue weighted by atomic mass is 32.2. The van der Waals surface area contributed by atoms with Crippen molar-refractivity contribution < 1.29 is 22.7 Å². The first-order chi connectivity index (χ1) is 16.3. The molecule has 34 heavy (non-hydrogen) atoms. The molecule has 2 aromatic carbocycles. The number of aromatic nitrogens is 1. The van der Waals surface area contributed by atoms with Gasteiger partial charge in [0.2, 0.25) is 10.0 Å². The highest BCUT2D eigenvalue weighted by Crippen LogP contribution is 2.35. The number of carbonyl (C=O) groups is 1. The summed E-state index contributed by atoms with van der Waals surface area (Å²) >= 11 is 1.34. The van der Waals surface area contributed by atoms with Gasteiger partial charge in [-0.2, -0.15) is 9.30 Å². The maximum atomic E-state index is 13.0. The third kappa shape index (κ3) is 5.03. The van der Waals surface area contributed by atoms with E-state index in [1.807, 2.05) is 37.5 Å². The molecule has 0 saturated carbocycles. The van der Waals surface area contributed by atoms with Gasteiger partial charge >= 0.3 is 0 Å². The molecule has 0 N–H and O–H groups in total. The van der Waals surface area contributed by atoms with Crippen LogP contribution in [0.15, 0.2) is 46.3 Å². The summed E-state index contributed by atoms with van der Waals surface area (Å²) in [5.41, 5.74) is 1.13. The largest absolute Gasteiger partial charge is 0.495 e. The van der Waals surface area contributed by atoms with Crippen LogP contribution in [0, 0.1) is 0 Å². The number of sulfonamides is 1. The van der Waals surface area contributed by atoms with Crippen LogP contribution < -0.4 is 14.3 Å². The molecule has 1 amide bonds. The normalized spacial score (nSPS) is 12.5. The Kier molecular flexibility index (Phi) is 8.51. The van der Waals surface area contributed by atoms with Gasteiger partial charge in [0.15, 0.2) is 4.80 Å². The Bertz CT molecular complexity index is 1330. The molecule has 0 spiro atoms. The zero-order valence-electron chi connectivity index (χ0n) is 20.2. The Labute approximate surface area is 204 Å². The number of ether oxygens (including phenoxy) is 2. The lowest BCUT2D eigenvalue weighted by Crippen LogP contribution is -2.31. The number of amides is 1. The quantitative estimate of drug-likeness (QED) is 0.410. The molecule has 0 radical (unpaired) electrons. The van der Waals surface area contributed by atoms with Crippen molar-refractivity contribution in [2.45, 2.75) is 45.1 Å². The summed E-state index contributed by atoms with van der Waals surface area (Å²) in [4.78, 5) is 18.0. The van der Waals surface area contributed by atoms with E-state index in [1.54, 1.807) is 14.2 Å². The van der Waals surface area contributed by atoms with Crippen LogP contribution in [-0.2, 0) is 16.6 Å². The van der Waals surface area contributed by atoms with Crippen molar-refractivity contribution in [2.24, 2.45) is 4.99 Å². The first-order valence-electron chi connectivity index (χ1n) is 11.3. The minimum Gasteiger partial charge on any atom is -0.495 e. The third-order valence-corrected chi connectivity index (χ3v) is 8.64. The van der Waals surface area contributed by atoms with E-state index in [-0.39, 0.29) is 4.90 Å². The number of thiazole rings is 1. The number of methoxy groups -OCH3 is 2. The first-order valence-corrected chi connectivity index (χ1v) is 13.5. The van der Waals surface area contributed by atoms with Crippen molar-refractivity contribution in [2.75, 3.05) is 27.3 Å². The summed E-state index contributed by atoms with van der Waals surface area (Å²) in [7, 11) is -0.417. The molecular formula is C24H31N3O5S2. The summed E-state index contributed by atoms with van der Waals surface area (Å²) in [5.74, 6) is 0.893. The van der Waals surface area contributed by atoms with Gasteiger partial charge in [-0.05, 0) is 49.7 Å². The van der Waals surface area contributed by atoms with Crippen LogP contribution in [0.25, 0.3) is 10.2 Å². The molecule has 0 fully saturated rings. The zero-order chi connectivity index (χ0) is 24.9. The molecule has 8 nitrogen and oxygen atoms in total. The molecule has 3 rings (SSSR count). The van der Waals surface area contributed by atoms with Crippen molar-refractivity contribution in [1.82, 2.24) is 8.87 Å². The Morgan fingerprint density at radius 2 is 1.68 bits per heavy atom. The van der Waals surface area contributed by atoms with Crippen molar-refractivity contribution in [3.8, 4) is 11.5 Å². The minimum absolute atomic E-state index is 0.168. The molecule has 1 aromatic heterocycles. The molecule has 0 aliphatic heterocycles. The van der Waals surface area contributed by atoms with E-state index in [4.69, 9.17) is 9.47 Å². The van der Waals surface area contributed by atoms with Crippen LogP contribution in [-0.4, -0.2) is 50.5 Å². The Balaban J connectivity index is 1.99. The molecule has 184 valence electrons. The van der Waals surface area contributed by atoms with Gasteiger partial charge in [-0.3, -0.25) is 4.79 Å². The maximum absolute atomic E-state index is 13.0. The summed E-state index contributed by atoms with van der Waals surface area (Å²) in [6.07, 6.45) is 1.71. The molecule has 10 heteroatoms. The zero-order valence-corrected chi connectivity index (χ0v) is 21.8. The second-order valence-corrected chi connectivity index (χ2v) is 10.5. The lowest BCUT2D eigenvalue weighted by atomic mass is 10.2. The highest BCUT2D eigenvalue weighted by molar-refractivity contribution is 7.89. The standard InChI is InChI=1S/C24H31N3O5S2/c1-6-9-16-26(7-2)34(29,30)18-12-10-17(11-13-18)23(28)25-24-27(8-3)21-19(31-4)14-15-20(32-5)22(21)33-24/h10-15H,6-9,16H2,1-5H3. The average molecular weight is 506 g/mol. The van der Waals surface area contributed by atoms with Crippen LogP contribution in [0.2, 0.25) is 0 Å². The molecule has 0 saturated heterocycles. The number of hydrogen-bond acceptors (Lipinski definition) is 6. The number of benzene rings is 2. The summed E-state index contributed by atoms with van der Waals surface area (Å²) in [5, 5.41) is 0. The van der Waals surface area contributed by atoms with Crippen molar-refractivity contribution in [1.29, 1.82) is 0 Å². The fourth-order valence-electron chi connectivity index (χ4n) is 3.69. The topological polar surface area (TPSA) is 90.2 Å². The van der Waals surface area contributed by atoms with E-state index in [2.05, 4.69) is 4.99 Å². The highest BCUT2D eigenvalue weighted by Gasteiger charge is 2.23. The molecule has 0 atom stereocenters. The molecule has 0 unspecified atom stereocenters.